The van der Waals surface area contributed by atoms with Gasteiger partial charge in [0.1, 0.15) is 17.1 Å². The maximum atomic E-state index is 15.0. The van der Waals surface area contributed by atoms with Crippen LogP contribution in [0.3, 0.4) is 0 Å². The summed E-state index contributed by atoms with van der Waals surface area (Å²) >= 11 is 0. The number of halogens is 1. The highest BCUT2D eigenvalue weighted by molar-refractivity contribution is 5.79. The fourth-order valence-electron chi connectivity index (χ4n) is 4.18. The third-order valence-corrected chi connectivity index (χ3v) is 6.24. The number of hydrogen-bond donors (Lipinski definition) is 0. The van der Waals surface area contributed by atoms with Crippen molar-refractivity contribution in [2.45, 2.75) is 58.3 Å². The molecule has 0 saturated carbocycles. The monoisotopic (exact) mass is 490 g/mol. The zero-order chi connectivity index (χ0) is 25.3. The highest BCUT2D eigenvalue weighted by atomic mass is 19.1. The van der Waals surface area contributed by atoms with Crippen molar-refractivity contribution in [3.05, 3.63) is 76.6 Å². The molecule has 1 aromatic heterocycles. The molecule has 4 aromatic rings. The van der Waals surface area contributed by atoms with Gasteiger partial charge in [0.05, 0.1) is 17.1 Å². The Morgan fingerprint density at radius 2 is 1.58 bits per heavy atom. The summed E-state index contributed by atoms with van der Waals surface area (Å²) < 4.78 is 26.4. The zero-order valence-electron chi connectivity index (χ0n) is 20.5. The molecule has 36 heavy (non-hydrogen) atoms. The minimum atomic E-state index is -0.504. The Morgan fingerprint density at radius 1 is 0.889 bits per heavy atom. The quantitative estimate of drug-likeness (QED) is 0.106. The average molecular weight is 491 g/mol. The lowest BCUT2D eigenvalue weighted by atomic mass is 10.0. The van der Waals surface area contributed by atoms with Crippen LogP contribution in [0.1, 0.15) is 58.3 Å². The smallest absolute Gasteiger partial charge is 0.271 e. The fraction of sp³-hybridized carbons (Fsp3) is 0.345. The molecule has 0 aliphatic heterocycles. The number of nitro benzene ring substituents is 1. The van der Waals surface area contributed by atoms with E-state index in [1.807, 2.05) is 24.3 Å². The van der Waals surface area contributed by atoms with E-state index in [-0.39, 0.29) is 17.1 Å². The number of nitrogens with zero attached hydrogens (tertiary/aromatic N) is 2. The summed E-state index contributed by atoms with van der Waals surface area (Å²) in [4.78, 5) is 14.7. The number of unbranched alkanes of at least 4 members (excludes halogenated alkanes) is 7. The zero-order valence-corrected chi connectivity index (χ0v) is 20.5. The van der Waals surface area contributed by atoms with E-state index in [2.05, 4.69) is 11.9 Å². The molecule has 1 heterocycles. The highest BCUT2D eigenvalue weighted by Crippen LogP contribution is 2.31. The van der Waals surface area contributed by atoms with Crippen LogP contribution in [0.5, 0.6) is 5.75 Å². The minimum absolute atomic E-state index is 0.0826. The molecule has 0 fully saturated rings. The molecule has 0 spiro atoms. The summed E-state index contributed by atoms with van der Waals surface area (Å²) in [6, 6.07) is 16.6. The maximum Gasteiger partial charge on any atom is 0.271 e. The van der Waals surface area contributed by atoms with Gasteiger partial charge in [-0.15, -0.1) is 0 Å². The van der Waals surface area contributed by atoms with Gasteiger partial charge in [-0.1, -0.05) is 70.1 Å². The van der Waals surface area contributed by atoms with E-state index in [4.69, 9.17) is 9.15 Å². The third-order valence-electron chi connectivity index (χ3n) is 6.24. The Balaban J connectivity index is 1.33. The number of nitro groups is 1. The van der Waals surface area contributed by atoms with Crippen LogP contribution in [0.4, 0.5) is 10.1 Å². The Kier molecular flexibility index (Phi) is 8.66. The predicted octanol–water partition coefficient (Wildman–Crippen LogP) is 8.73. The number of oxazole rings is 1. The first-order valence-electron chi connectivity index (χ1n) is 12.6. The van der Waals surface area contributed by atoms with E-state index in [0.717, 1.165) is 23.3 Å². The Hall–Kier alpha value is -3.74. The molecule has 7 heteroatoms. The molecule has 188 valence electrons. The number of benzene rings is 3. The van der Waals surface area contributed by atoms with Crippen LogP contribution < -0.4 is 4.74 Å². The van der Waals surface area contributed by atoms with Gasteiger partial charge in [-0.05, 0) is 47.9 Å². The fourth-order valence-corrected chi connectivity index (χ4v) is 4.18. The van der Waals surface area contributed by atoms with Crippen molar-refractivity contribution < 1.29 is 18.5 Å². The Bertz CT molecular complexity index is 1300. The summed E-state index contributed by atoms with van der Waals surface area (Å²) in [7, 11) is 0. The number of rotatable bonds is 13. The molecule has 6 nitrogen and oxygen atoms in total. The first-order valence-corrected chi connectivity index (χ1v) is 12.6. The van der Waals surface area contributed by atoms with Gasteiger partial charge in [0.15, 0.2) is 5.58 Å². The first-order chi connectivity index (χ1) is 17.5. The van der Waals surface area contributed by atoms with Gasteiger partial charge < -0.3 is 9.15 Å². The molecule has 0 unspecified atom stereocenters. The van der Waals surface area contributed by atoms with Crippen LogP contribution in [0.25, 0.3) is 33.7 Å². The number of non-ortho nitro benzene ring substituents is 1. The van der Waals surface area contributed by atoms with Crippen molar-refractivity contribution in [2.75, 3.05) is 6.61 Å². The van der Waals surface area contributed by atoms with Crippen LogP contribution in [0.15, 0.2) is 65.1 Å². The second-order valence-corrected chi connectivity index (χ2v) is 8.97. The Labute approximate surface area is 210 Å². The number of ether oxygens (including phenoxy) is 1. The Morgan fingerprint density at radius 3 is 2.28 bits per heavy atom. The topological polar surface area (TPSA) is 78.4 Å². The molecule has 0 N–H and O–H groups in total. The van der Waals surface area contributed by atoms with Crippen LogP contribution in [-0.4, -0.2) is 16.5 Å². The number of hydrogen-bond acceptors (Lipinski definition) is 5. The maximum absolute atomic E-state index is 15.0. The summed E-state index contributed by atoms with van der Waals surface area (Å²) in [5.74, 6) is 0.405. The first kappa shape index (κ1) is 25.4. The molecular weight excluding hydrogens is 459 g/mol. The van der Waals surface area contributed by atoms with Crippen LogP contribution in [0.2, 0.25) is 0 Å². The van der Waals surface area contributed by atoms with Gasteiger partial charge in [0.2, 0.25) is 5.89 Å². The van der Waals surface area contributed by atoms with Crippen molar-refractivity contribution >= 4 is 16.8 Å². The van der Waals surface area contributed by atoms with E-state index in [1.165, 1.54) is 69.2 Å². The molecule has 0 aliphatic carbocycles. The molecule has 0 saturated heterocycles. The summed E-state index contributed by atoms with van der Waals surface area (Å²) in [6.45, 7) is 2.93. The third kappa shape index (κ3) is 6.47. The lowest BCUT2D eigenvalue weighted by molar-refractivity contribution is -0.384. The highest BCUT2D eigenvalue weighted by Gasteiger charge is 2.16. The van der Waals surface area contributed by atoms with Crippen LogP contribution in [0, 0.1) is 15.9 Å². The van der Waals surface area contributed by atoms with E-state index in [9.17, 15) is 14.5 Å². The average Bonchev–Trinajstić information content (AvgIpc) is 3.31. The normalized spacial score (nSPS) is 11.2. The molecular formula is C29H31FN2O4. The minimum Gasteiger partial charge on any atom is -0.494 e. The number of aromatic nitrogens is 1. The van der Waals surface area contributed by atoms with Gasteiger partial charge in [0.25, 0.3) is 5.69 Å². The van der Waals surface area contributed by atoms with Gasteiger partial charge >= 0.3 is 0 Å². The standard InChI is InChI=1S/C29H31FN2O4/c1-2-3-4-5-6-7-8-9-18-35-24-14-10-21(11-15-24)22-12-16-25(26(30)19-22)29-31-27-20-23(32(33)34)13-17-28(27)36-29/h10-17,19-20H,2-9,18H2,1H3. The molecule has 0 radical (unpaired) electrons. The van der Waals surface area contributed by atoms with Crippen molar-refractivity contribution in [1.82, 2.24) is 4.98 Å². The second kappa shape index (κ2) is 12.3. The molecule has 0 aliphatic rings. The van der Waals surface area contributed by atoms with Crippen molar-refractivity contribution in [1.29, 1.82) is 0 Å². The van der Waals surface area contributed by atoms with Crippen molar-refractivity contribution in [3.8, 4) is 28.3 Å². The second-order valence-electron chi connectivity index (χ2n) is 8.97. The summed E-state index contributed by atoms with van der Waals surface area (Å²) in [6.07, 6.45) is 10.1. The van der Waals surface area contributed by atoms with Gasteiger partial charge in [0, 0.05) is 12.1 Å². The van der Waals surface area contributed by atoms with Crippen LogP contribution >= 0.6 is 0 Å². The van der Waals surface area contributed by atoms with E-state index in [1.54, 1.807) is 12.1 Å². The molecule has 0 atom stereocenters. The predicted molar refractivity (Wildman–Crippen MR) is 140 cm³/mol. The van der Waals surface area contributed by atoms with Crippen LogP contribution in [-0.2, 0) is 0 Å². The van der Waals surface area contributed by atoms with Crippen molar-refractivity contribution in [3.63, 3.8) is 0 Å². The molecule has 0 amide bonds. The van der Waals surface area contributed by atoms with E-state index >= 15 is 0 Å². The van der Waals surface area contributed by atoms with Gasteiger partial charge in [-0.2, -0.15) is 0 Å². The van der Waals surface area contributed by atoms with E-state index in [0.29, 0.717) is 17.7 Å². The molecule has 3 aromatic carbocycles. The van der Waals surface area contributed by atoms with Gasteiger partial charge in [-0.25, -0.2) is 9.37 Å². The van der Waals surface area contributed by atoms with E-state index < -0.39 is 10.7 Å². The molecule has 4 rings (SSSR count). The lowest BCUT2D eigenvalue weighted by Crippen LogP contribution is -1.97. The lowest BCUT2D eigenvalue weighted by Gasteiger charge is -2.08. The number of fused-ring (bicyclic) bond motifs is 1. The van der Waals surface area contributed by atoms with Crippen molar-refractivity contribution in [2.24, 2.45) is 0 Å². The summed E-state index contributed by atoms with van der Waals surface area (Å²) in [5.41, 5.74) is 2.36. The summed E-state index contributed by atoms with van der Waals surface area (Å²) in [5, 5.41) is 11.0. The largest absolute Gasteiger partial charge is 0.494 e. The SMILES string of the molecule is CCCCCCCCCCOc1ccc(-c2ccc(-c3nc4cc([N+](=O)[O-])ccc4o3)c(F)c2)cc1. The molecule has 0 bridgehead atoms. The van der Waals surface area contributed by atoms with Gasteiger partial charge in [-0.3, -0.25) is 10.1 Å².